The predicted octanol–water partition coefficient (Wildman–Crippen LogP) is 15.0. The van der Waals surface area contributed by atoms with Crippen LogP contribution in [0.15, 0.2) is 36.5 Å². The van der Waals surface area contributed by atoms with Crippen molar-refractivity contribution in [2.24, 2.45) is 5.73 Å². The summed E-state index contributed by atoms with van der Waals surface area (Å²) in [4.78, 5) is 22.6. The summed E-state index contributed by atoms with van der Waals surface area (Å²) in [7, 11) is -4.28. The van der Waals surface area contributed by atoms with Crippen molar-refractivity contribution in [2.75, 3.05) is 33.0 Å². The van der Waals surface area contributed by atoms with E-state index in [1.807, 2.05) is 0 Å². The van der Waals surface area contributed by atoms with Crippen LogP contribution in [0.25, 0.3) is 0 Å². The summed E-state index contributed by atoms with van der Waals surface area (Å²) in [6.07, 6.45) is 54.5. The molecule has 0 spiro atoms. The summed E-state index contributed by atoms with van der Waals surface area (Å²) in [5.74, 6) is -0.330. The van der Waals surface area contributed by atoms with E-state index in [0.29, 0.717) is 13.0 Å². The molecule has 342 valence electrons. The van der Waals surface area contributed by atoms with E-state index in [2.05, 4.69) is 50.3 Å². The first-order chi connectivity index (χ1) is 28.4. The molecule has 8 nitrogen and oxygen atoms in total. The van der Waals surface area contributed by atoms with Gasteiger partial charge < -0.3 is 20.1 Å². The Morgan fingerprint density at radius 1 is 0.517 bits per heavy atom. The number of ether oxygens (including phenoxy) is 2. The van der Waals surface area contributed by atoms with Gasteiger partial charge >= 0.3 is 13.8 Å². The maximum atomic E-state index is 12.6. The molecule has 0 aliphatic rings. The molecule has 2 atom stereocenters. The average molecular weight is 840 g/mol. The molecule has 9 heteroatoms. The smallest absolute Gasteiger partial charge is 0.457 e. The molecule has 0 aromatic carbocycles. The third-order valence-corrected chi connectivity index (χ3v) is 11.5. The molecule has 0 aromatic rings. The van der Waals surface area contributed by atoms with Crippen molar-refractivity contribution < 1.29 is 32.8 Å². The minimum absolute atomic E-state index is 0.0965. The molecule has 0 saturated heterocycles. The fourth-order valence-corrected chi connectivity index (χ4v) is 7.71. The molecule has 0 aromatic heterocycles. The zero-order valence-electron chi connectivity index (χ0n) is 38.0. The number of unbranched alkanes of at least 4 members (excludes halogenated alkanes) is 28. The van der Waals surface area contributed by atoms with Crippen molar-refractivity contribution >= 4 is 13.8 Å². The second-order valence-electron chi connectivity index (χ2n) is 16.3. The highest BCUT2D eigenvalue weighted by atomic mass is 31.2. The van der Waals surface area contributed by atoms with Gasteiger partial charge in [-0.3, -0.25) is 13.8 Å². The summed E-state index contributed by atoms with van der Waals surface area (Å²) >= 11 is 0. The predicted molar refractivity (Wildman–Crippen MR) is 247 cm³/mol. The number of allylic oxidation sites excluding steroid dienone is 6. The molecule has 0 fully saturated rings. The van der Waals surface area contributed by atoms with Crippen LogP contribution in [0.5, 0.6) is 0 Å². The Morgan fingerprint density at radius 2 is 0.914 bits per heavy atom. The Bertz CT molecular complexity index is 988. The SMILES string of the molecule is CCCCC/C=C\C/C=C\C/C=C\CCCCCCCCCOCC(COP(=O)(O)OCCN)OC(=O)CCCCCCCCCCCCCCCCCCCCC. The van der Waals surface area contributed by atoms with Gasteiger partial charge in [-0.25, -0.2) is 4.57 Å². The molecule has 2 unspecified atom stereocenters. The highest BCUT2D eigenvalue weighted by Gasteiger charge is 2.25. The Labute approximate surface area is 358 Å². The maximum absolute atomic E-state index is 12.6. The molecule has 0 radical (unpaired) electrons. The van der Waals surface area contributed by atoms with Crippen LogP contribution in [-0.4, -0.2) is 49.9 Å². The van der Waals surface area contributed by atoms with Crippen LogP contribution >= 0.6 is 7.82 Å². The fourth-order valence-electron chi connectivity index (χ4n) is 6.95. The molecule has 0 bridgehead atoms. The number of hydrogen-bond donors (Lipinski definition) is 2. The summed E-state index contributed by atoms with van der Waals surface area (Å²) in [6.45, 7) is 4.91. The second kappa shape index (κ2) is 46.8. The lowest BCUT2D eigenvalue weighted by molar-refractivity contribution is -0.154. The van der Waals surface area contributed by atoms with Gasteiger partial charge in [0.15, 0.2) is 0 Å². The molecule has 58 heavy (non-hydrogen) atoms. The van der Waals surface area contributed by atoms with Crippen molar-refractivity contribution in [3.8, 4) is 0 Å². The molecule has 0 rings (SSSR count). The number of phosphoric ester groups is 1. The Morgan fingerprint density at radius 3 is 1.40 bits per heavy atom. The molecule has 3 N–H and O–H groups in total. The molecule has 0 saturated carbocycles. The third kappa shape index (κ3) is 45.8. The number of carbonyl (C=O) groups is 1. The minimum Gasteiger partial charge on any atom is -0.457 e. The Hall–Kier alpha value is -1.28. The van der Waals surface area contributed by atoms with Crippen molar-refractivity contribution in [2.45, 2.75) is 238 Å². The summed E-state index contributed by atoms with van der Waals surface area (Å²) in [5.41, 5.74) is 5.38. The number of phosphoric acid groups is 1. The van der Waals surface area contributed by atoms with Crippen LogP contribution in [0.3, 0.4) is 0 Å². The molecular formula is C49H94NO7P. The van der Waals surface area contributed by atoms with Gasteiger partial charge in [-0.15, -0.1) is 0 Å². The first-order valence-electron chi connectivity index (χ1n) is 24.5. The van der Waals surface area contributed by atoms with Crippen molar-refractivity contribution in [3.63, 3.8) is 0 Å². The molecular weight excluding hydrogens is 746 g/mol. The quantitative estimate of drug-likeness (QED) is 0.0269. The van der Waals surface area contributed by atoms with Gasteiger partial charge in [0.25, 0.3) is 0 Å². The van der Waals surface area contributed by atoms with E-state index in [1.165, 1.54) is 161 Å². The van der Waals surface area contributed by atoms with Gasteiger partial charge in [0, 0.05) is 19.6 Å². The van der Waals surface area contributed by atoms with E-state index in [-0.39, 0.29) is 32.3 Å². The van der Waals surface area contributed by atoms with Gasteiger partial charge in [0.2, 0.25) is 0 Å². The van der Waals surface area contributed by atoms with E-state index < -0.39 is 13.9 Å². The normalized spacial score (nSPS) is 13.7. The van der Waals surface area contributed by atoms with E-state index in [4.69, 9.17) is 24.3 Å². The van der Waals surface area contributed by atoms with Crippen LogP contribution in [0, 0.1) is 0 Å². The zero-order valence-corrected chi connectivity index (χ0v) is 38.9. The number of nitrogens with two attached hydrogens (primary N) is 1. The topological polar surface area (TPSA) is 117 Å². The van der Waals surface area contributed by atoms with E-state index in [0.717, 1.165) is 51.4 Å². The van der Waals surface area contributed by atoms with E-state index in [1.54, 1.807) is 0 Å². The zero-order chi connectivity index (χ0) is 42.3. The first kappa shape index (κ1) is 56.7. The van der Waals surface area contributed by atoms with E-state index >= 15 is 0 Å². The molecule has 0 aliphatic heterocycles. The Kier molecular flexibility index (Phi) is 45.7. The summed E-state index contributed by atoms with van der Waals surface area (Å²) in [5, 5.41) is 0. The number of esters is 1. The van der Waals surface area contributed by atoms with Gasteiger partial charge in [0.1, 0.15) is 6.10 Å². The monoisotopic (exact) mass is 840 g/mol. The largest absolute Gasteiger partial charge is 0.472 e. The van der Waals surface area contributed by atoms with E-state index in [9.17, 15) is 14.3 Å². The van der Waals surface area contributed by atoms with Gasteiger partial charge in [0.05, 0.1) is 19.8 Å². The van der Waals surface area contributed by atoms with Crippen LogP contribution in [-0.2, 0) is 27.9 Å². The van der Waals surface area contributed by atoms with Crippen molar-refractivity contribution in [1.29, 1.82) is 0 Å². The first-order valence-corrected chi connectivity index (χ1v) is 26.0. The van der Waals surface area contributed by atoms with Crippen LogP contribution in [0.4, 0.5) is 0 Å². The summed E-state index contributed by atoms with van der Waals surface area (Å²) in [6, 6.07) is 0. The number of rotatable bonds is 47. The second-order valence-corrected chi connectivity index (χ2v) is 17.8. The van der Waals surface area contributed by atoms with Crippen LogP contribution in [0.1, 0.15) is 232 Å². The highest BCUT2D eigenvalue weighted by molar-refractivity contribution is 7.47. The van der Waals surface area contributed by atoms with Gasteiger partial charge in [-0.2, -0.15) is 0 Å². The lowest BCUT2D eigenvalue weighted by Gasteiger charge is -2.20. The van der Waals surface area contributed by atoms with Crippen molar-refractivity contribution in [1.82, 2.24) is 0 Å². The van der Waals surface area contributed by atoms with Crippen LogP contribution < -0.4 is 5.73 Å². The van der Waals surface area contributed by atoms with Gasteiger partial charge in [-0.1, -0.05) is 211 Å². The minimum atomic E-state index is -4.28. The Balaban J connectivity index is 3.97. The average Bonchev–Trinajstić information content (AvgIpc) is 3.21. The van der Waals surface area contributed by atoms with Crippen LogP contribution in [0.2, 0.25) is 0 Å². The summed E-state index contributed by atoms with van der Waals surface area (Å²) < 4.78 is 33.5. The lowest BCUT2D eigenvalue weighted by atomic mass is 10.0. The maximum Gasteiger partial charge on any atom is 0.472 e. The lowest BCUT2D eigenvalue weighted by Crippen LogP contribution is -2.28. The highest BCUT2D eigenvalue weighted by Crippen LogP contribution is 2.43. The molecule has 0 heterocycles. The fraction of sp³-hybridized carbons (Fsp3) is 0.857. The standard InChI is InChI=1S/C49H94NO7P/c1-3-5-7-9-11-13-15-17-19-21-23-25-27-29-31-33-35-37-39-41-44-54-46-48(47-56-58(52,53)55-45-43-50)57-49(51)42-40-38-36-34-32-30-28-26-24-22-20-18-16-14-12-10-8-6-4-2/h11,13,17,19,23,25,48H,3-10,12,14-16,18,20-22,24,26-47,50H2,1-2H3,(H,52,53)/b13-11-,19-17-,25-23-. The third-order valence-electron chi connectivity index (χ3n) is 10.6. The van der Waals surface area contributed by atoms with Gasteiger partial charge in [-0.05, 0) is 51.4 Å². The number of carbonyl (C=O) groups excluding carboxylic acids is 1. The molecule has 0 amide bonds. The number of hydrogen-bond acceptors (Lipinski definition) is 7. The molecule has 0 aliphatic carbocycles. The van der Waals surface area contributed by atoms with Crippen molar-refractivity contribution in [3.05, 3.63) is 36.5 Å².